The molecule has 0 amide bonds. The molecule has 3 aliphatic heterocycles. The van der Waals surface area contributed by atoms with Gasteiger partial charge in [0.2, 0.25) is 0 Å². The Balaban J connectivity index is 0.000000159. The van der Waals surface area contributed by atoms with Gasteiger partial charge in [-0.15, -0.1) is 0 Å². The van der Waals surface area contributed by atoms with E-state index in [2.05, 4.69) is 92.6 Å². The molecule has 10 nitrogen and oxygen atoms in total. The number of benzene rings is 3. The van der Waals surface area contributed by atoms with Gasteiger partial charge in [-0.25, -0.2) is 0 Å². The molecule has 2 unspecified atom stereocenters. The topological polar surface area (TPSA) is 116 Å². The van der Waals surface area contributed by atoms with Crippen molar-refractivity contribution in [3.8, 4) is 0 Å². The highest BCUT2D eigenvalue weighted by Gasteiger charge is 2.64. The van der Waals surface area contributed by atoms with Gasteiger partial charge in [-0.3, -0.25) is 4.79 Å². The van der Waals surface area contributed by atoms with Gasteiger partial charge in [0, 0.05) is 19.3 Å². The zero-order valence-corrected chi connectivity index (χ0v) is 45.3. The largest absolute Gasteiger partial charge is 0.534 e. The van der Waals surface area contributed by atoms with Crippen LogP contribution in [0.5, 0.6) is 0 Å². The summed E-state index contributed by atoms with van der Waals surface area (Å²) in [5.41, 5.74) is -2.06. The first-order valence-electron chi connectivity index (χ1n) is 25.5. The maximum absolute atomic E-state index is 12.2. The van der Waals surface area contributed by atoms with Crippen LogP contribution in [-0.2, 0) is 47.0 Å². The molecule has 3 aromatic carbocycles. The summed E-state index contributed by atoms with van der Waals surface area (Å²) in [6, 6.07) is 30.9. The fourth-order valence-corrected chi connectivity index (χ4v) is 9.72. The van der Waals surface area contributed by atoms with Crippen LogP contribution in [0.2, 0.25) is 0 Å². The molecule has 3 aliphatic carbocycles. The van der Waals surface area contributed by atoms with E-state index in [-0.39, 0.29) is 58.8 Å². The first-order valence-corrected chi connectivity index (χ1v) is 27.0. The van der Waals surface area contributed by atoms with Crippen LogP contribution < -0.4 is 0 Å². The van der Waals surface area contributed by atoms with E-state index in [0.29, 0.717) is 30.5 Å². The average molecular weight is 1020 g/mol. The SMILES string of the molecule is CC1(C)OB(B2OC(C)(C)C(C)(C)O2)OC1(C)C.CC1(C)OB(C2=CCC(c3ccccc3)CC2)OC1(C)C.O=C1CCC(c2ccccc2)CC1.O=S(=O)(OC1=CCC(c2ccccc2)CC1)C(F)(F)F. The predicted octanol–water partition coefficient (Wildman–Crippen LogP) is 13.4. The maximum atomic E-state index is 12.2. The molecule has 3 heterocycles. The van der Waals surface area contributed by atoms with Crippen molar-refractivity contribution in [1.82, 2.24) is 0 Å². The number of hydrogen-bond acceptors (Lipinski definition) is 10. The highest BCUT2D eigenvalue weighted by molar-refractivity contribution is 7.87. The normalized spacial score (nSPS) is 25.1. The molecule has 72 heavy (non-hydrogen) atoms. The molecule has 9 rings (SSSR count). The van der Waals surface area contributed by atoms with E-state index in [4.69, 9.17) is 27.9 Å². The highest BCUT2D eigenvalue weighted by atomic mass is 32.2. The third-order valence-electron chi connectivity index (χ3n) is 16.0. The van der Waals surface area contributed by atoms with Crippen molar-refractivity contribution in [2.24, 2.45) is 0 Å². The van der Waals surface area contributed by atoms with Crippen molar-refractivity contribution in [3.63, 3.8) is 0 Å². The van der Waals surface area contributed by atoms with E-state index >= 15 is 0 Å². The molecule has 1 saturated carbocycles. The molecule has 3 aromatic rings. The van der Waals surface area contributed by atoms with Gasteiger partial charge >= 0.3 is 36.8 Å². The van der Waals surface area contributed by atoms with Crippen molar-refractivity contribution in [3.05, 3.63) is 131 Å². The summed E-state index contributed by atoms with van der Waals surface area (Å²) in [5.74, 6) is 1.75. The van der Waals surface area contributed by atoms with Crippen LogP contribution in [0.15, 0.2) is 114 Å². The van der Waals surface area contributed by atoms with Crippen molar-refractivity contribution < 1.29 is 58.5 Å². The van der Waals surface area contributed by atoms with Crippen molar-refractivity contribution in [1.29, 1.82) is 0 Å². The van der Waals surface area contributed by atoms with E-state index in [1.807, 2.05) is 91.8 Å². The first kappa shape index (κ1) is 57.6. The second kappa shape index (κ2) is 22.6. The molecule has 4 fully saturated rings. The minimum absolute atomic E-state index is 0.130. The third-order valence-corrected chi connectivity index (χ3v) is 17.0. The number of alkyl halides is 3. The average Bonchev–Trinajstić information content (AvgIpc) is 3.80. The summed E-state index contributed by atoms with van der Waals surface area (Å²) in [6.45, 7) is 24.7. The molecule has 0 radical (unpaired) electrons. The minimum Gasteiger partial charge on any atom is -0.405 e. The number of allylic oxidation sites excluding steroid dienone is 4. The number of carbonyl (C=O) groups is 1. The second-order valence-electron chi connectivity index (χ2n) is 22.8. The molecule has 17 heteroatoms. The Morgan fingerprint density at radius 3 is 1.15 bits per heavy atom. The van der Waals surface area contributed by atoms with Gasteiger partial charge < -0.3 is 32.1 Å². The van der Waals surface area contributed by atoms with Gasteiger partial charge in [0.1, 0.15) is 11.5 Å². The lowest BCUT2D eigenvalue weighted by Crippen LogP contribution is -2.41. The zero-order valence-electron chi connectivity index (χ0n) is 44.5. The lowest BCUT2D eigenvalue weighted by molar-refractivity contribution is -0.120. The first-order chi connectivity index (χ1) is 33.4. The van der Waals surface area contributed by atoms with Crippen LogP contribution >= 0.6 is 0 Å². The second-order valence-corrected chi connectivity index (χ2v) is 24.3. The Morgan fingerprint density at radius 1 is 0.486 bits per heavy atom. The fraction of sp³-hybridized carbons (Fsp3) is 0.582. The lowest BCUT2D eigenvalue weighted by Gasteiger charge is -2.32. The maximum Gasteiger partial charge on any atom is 0.534 e. The van der Waals surface area contributed by atoms with E-state index in [0.717, 1.165) is 44.1 Å². The molecule has 6 aliphatic rings. The van der Waals surface area contributed by atoms with Crippen LogP contribution in [0.4, 0.5) is 13.2 Å². The van der Waals surface area contributed by atoms with Crippen LogP contribution in [0.3, 0.4) is 0 Å². The standard InChI is InChI=1S/C18H25BO2.C13H13F3O3S.C12H24B2O4.C12H14O/c1-17(2)18(3,4)21-19(20-17)16-12-10-15(11-13-16)14-8-6-5-7-9-14;14-13(15,16)20(17,18)19-12-8-6-11(7-9-12)10-4-2-1-3-5-10;1-9(2)10(3,4)16-13(15-9)14-17-11(5,6)12(7,8)18-14;13-12-8-6-11(7-9-12)10-4-2-1-3-5-10/h5-9,12,15H,10-11,13H2,1-4H3;1-5,8,11H,6-7,9H2;1-8H3;1-5,11H,6-9H2. The summed E-state index contributed by atoms with van der Waals surface area (Å²) in [4.78, 5) is 11.0. The molecule has 0 spiro atoms. The number of carbonyl (C=O) groups excluding carboxylic acids is 1. The predicted molar refractivity (Wildman–Crippen MR) is 279 cm³/mol. The lowest BCUT2D eigenvalue weighted by atomic mass is 9.49. The smallest absolute Gasteiger partial charge is 0.405 e. The van der Waals surface area contributed by atoms with Crippen LogP contribution in [0.1, 0.15) is 182 Å². The number of hydrogen-bond donors (Lipinski definition) is 0. The molecule has 2 atom stereocenters. The van der Waals surface area contributed by atoms with E-state index in [1.54, 1.807) is 0 Å². The Bertz CT molecular complexity index is 2350. The molecular formula is C55H76B3F3O10S. The fourth-order valence-electron chi connectivity index (χ4n) is 9.19. The number of halogens is 3. The molecule has 0 aromatic heterocycles. The summed E-state index contributed by atoms with van der Waals surface area (Å²) in [7, 11) is -6.66. The summed E-state index contributed by atoms with van der Waals surface area (Å²) >= 11 is 0. The number of Topliss-reactive ketones (excluding diaryl/α,β-unsaturated/α-hetero) is 1. The van der Waals surface area contributed by atoms with E-state index in [1.165, 1.54) is 29.1 Å². The number of ketones is 1. The van der Waals surface area contributed by atoms with E-state index in [9.17, 15) is 26.4 Å². The molecule has 392 valence electrons. The highest BCUT2D eigenvalue weighted by Crippen LogP contribution is 2.44. The Labute approximate surface area is 429 Å². The summed E-state index contributed by atoms with van der Waals surface area (Å²) < 4.78 is 98.6. The van der Waals surface area contributed by atoms with Gasteiger partial charge in [-0.2, -0.15) is 21.6 Å². The number of rotatable bonds is 7. The van der Waals surface area contributed by atoms with Gasteiger partial charge in [-0.05, 0) is 174 Å². The van der Waals surface area contributed by atoms with Crippen LogP contribution in [-0.4, -0.2) is 74.5 Å². The van der Waals surface area contributed by atoms with Crippen LogP contribution in [0, 0.1) is 0 Å². The quantitative estimate of drug-likeness (QED) is 0.129. The van der Waals surface area contributed by atoms with Crippen molar-refractivity contribution in [2.45, 2.75) is 204 Å². The third kappa shape index (κ3) is 14.2. The van der Waals surface area contributed by atoms with Gasteiger partial charge in [0.25, 0.3) is 0 Å². The Kier molecular flexibility index (Phi) is 18.1. The Morgan fingerprint density at radius 2 is 0.819 bits per heavy atom. The molecule has 3 saturated heterocycles. The molecule has 0 N–H and O–H groups in total. The van der Waals surface area contributed by atoms with Crippen molar-refractivity contribution >= 4 is 37.0 Å². The zero-order chi connectivity index (χ0) is 53.0. The monoisotopic (exact) mass is 1020 g/mol. The summed E-state index contributed by atoms with van der Waals surface area (Å²) in [5, 5.41) is 0. The molecular weight excluding hydrogens is 942 g/mol. The van der Waals surface area contributed by atoms with Gasteiger partial charge in [0.15, 0.2) is 0 Å². The minimum atomic E-state index is -5.55. The van der Waals surface area contributed by atoms with E-state index < -0.39 is 29.6 Å². The Hall–Kier alpha value is -3.70. The van der Waals surface area contributed by atoms with Gasteiger partial charge in [-0.1, -0.05) is 97.1 Å². The summed E-state index contributed by atoms with van der Waals surface area (Å²) in [6.07, 6.45) is 11.9. The van der Waals surface area contributed by atoms with Crippen molar-refractivity contribution in [2.75, 3.05) is 0 Å². The molecule has 0 bridgehead atoms. The van der Waals surface area contributed by atoms with Crippen LogP contribution in [0.25, 0.3) is 0 Å². The van der Waals surface area contributed by atoms with Gasteiger partial charge in [0.05, 0.1) is 33.6 Å².